The molecule has 1 heterocycles. The van der Waals surface area contributed by atoms with Crippen molar-refractivity contribution < 1.29 is 9.53 Å². The number of hydrogen-bond acceptors (Lipinski definition) is 5. The van der Waals surface area contributed by atoms with Crippen LogP contribution in [0.25, 0.3) is 10.2 Å². The van der Waals surface area contributed by atoms with E-state index in [4.69, 9.17) is 40.2 Å². The molecule has 2 N–H and O–H groups in total. The third kappa shape index (κ3) is 4.24. The number of carbonyl (C=O) groups excluding carboxylic acids is 1. The predicted octanol–water partition coefficient (Wildman–Crippen LogP) is 5.13. The molecule has 0 radical (unpaired) electrons. The molecule has 26 heavy (non-hydrogen) atoms. The van der Waals surface area contributed by atoms with Crippen LogP contribution in [0.2, 0.25) is 10.0 Å². The molecule has 3 aromatic rings. The summed E-state index contributed by atoms with van der Waals surface area (Å²) in [7, 11) is 0. The Kier molecular flexibility index (Phi) is 5.93. The maximum absolute atomic E-state index is 12.3. The number of thiocarbonyl (C=S) groups is 1. The van der Waals surface area contributed by atoms with Crippen LogP contribution in [0.4, 0.5) is 5.13 Å². The molecule has 0 atom stereocenters. The number of amides is 1. The number of rotatable bonds is 4. The highest BCUT2D eigenvalue weighted by molar-refractivity contribution is 7.80. The van der Waals surface area contributed by atoms with Gasteiger partial charge in [0.25, 0.3) is 5.91 Å². The van der Waals surface area contributed by atoms with Gasteiger partial charge in [-0.1, -0.05) is 40.6 Å². The fraction of sp³-hybridized carbons (Fsp3) is 0.118. The predicted molar refractivity (Wildman–Crippen MR) is 111 cm³/mol. The van der Waals surface area contributed by atoms with Crippen LogP contribution in [0.1, 0.15) is 17.3 Å². The Bertz CT molecular complexity index is 991. The quantitative estimate of drug-likeness (QED) is 0.567. The molecule has 1 amide bonds. The number of carbonyl (C=O) groups is 1. The van der Waals surface area contributed by atoms with E-state index >= 15 is 0 Å². The van der Waals surface area contributed by atoms with Gasteiger partial charge in [-0.3, -0.25) is 10.1 Å². The second-order valence-electron chi connectivity index (χ2n) is 5.09. The minimum Gasteiger partial charge on any atom is -0.492 e. The Labute approximate surface area is 169 Å². The van der Waals surface area contributed by atoms with Gasteiger partial charge in [-0.15, -0.1) is 0 Å². The fourth-order valence-corrected chi connectivity index (χ4v) is 3.85. The van der Waals surface area contributed by atoms with Crippen molar-refractivity contribution in [3.8, 4) is 5.75 Å². The number of nitrogens with one attached hydrogen (secondary N) is 2. The van der Waals surface area contributed by atoms with Crippen molar-refractivity contribution in [2.75, 3.05) is 11.9 Å². The molecule has 0 spiro atoms. The number of nitrogens with zero attached hydrogens (tertiary/aromatic N) is 1. The number of ether oxygens (including phenoxy) is 1. The summed E-state index contributed by atoms with van der Waals surface area (Å²) in [5.41, 5.74) is 1.06. The number of anilines is 1. The summed E-state index contributed by atoms with van der Waals surface area (Å²) in [5, 5.41) is 7.09. The van der Waals surface area contributed by atoms with Crippen LogP contribution in [-0.2, 0) is 0 Å². The second-order valence-corrected chi connectivity index (χ2v) is 7.35. The van der Waals surface area contributed by atoms with Crippen LogP contribution >= 0.6 is 46.8 Å². The first-order valence-electron chi connectivity index (χ1n) is 7.57. The minimum absolute atomic E-state index is 0.134. The molecule has 134 valence electrons. The summed E-state index contributed by atoms with van der Waals surface area (Å²) in [4.78, 5) is 16.7. The summed E-state index contributed by atoms with van der Waals surface area (Å²) in [6.07, 6.45) is 0. The average molecular weight is 426 g/mol. The maximum Gasteiger partial charge on any atom is 0.257 e. The lowest BCUT2D eigenvalue weighted by atomic mass is 10.2. The lowest BCUT2D eigenvalue weighted by molar-refractivity contribution is 0.0977. The zero-order valence-electron chi connectivity index (χ0n) is 13.5. The Hall–Kier alpha value is -1.93. The van der Waals surface area contributed by atoms with E-state index in [9.17, 15) is 4.79 Å². The zero-order valence-corrected chi connectivity index (χ0v) is 16.7. The highest BCUT2D eigenvalue weighted by atomic mass is 35.5. The molecular formula is C17H13Cl2N3O2S2. The molecule has 0 aliphatic carbocycles. The topological polar surface area (TPSA) is 63.2 Å². The van der Waals surface area contributed by atoms with Crippen molar-refractivity contribution in [2.45, 2.75) is 6.92 Å². The van der Waals surface area contributed by atoms with Gasteiger partial charge < -0.3 is 10.1 Å². The van der Waals surface area contributed by atoms with E-state index in [0.29, 0.717) is 38.6 Å². The van der Waals surface area contributed by atoms with Gasteiger partial charge in [0.05, 0.1) is 21.4 Å². The van der Waals surface area contributed by atoms with Gasteiger partial charge >= 0.3 is 0 Å². The van der Waals surface area contributed by atoms with Gasteiger partial charge in [0, 0.05) is 5.56 Å². The Balaban J connectivity index is 1.68. The third-order valence-electron chi connectivity index (χ3n) is 3.31. The summed E-state index contributed by atoms with van der Waals surface area (Å²) < 4.78 is 6.27. The molecule has 1 aromatic heterocycles. The van der Waals surface area contributed by atoms with Crippen molar-refractivity contribution in [1.82, 2.24) is 10.3 Å². The van der Waals surface area contributed by atoms with E-state index < -0.39 is 0 Å². The Morgan fingerprint density at radius 2 is 2.08 bits per heavy atom. The highest BCUT2D eigenvalue weighted by Crippen LogP contribution is 2.30. The van der Waals surface area contributed by atoms with Gasteiger partial charge in [0.2, 0.25) is 0 Å². The smallest absolute Gasteiger partial charge is 0.257 e. The summed E-state index contributed by atoms with van der Waals surface area (Å²) in [6.45, 7) is 2.35. The minimum atomic E-state index is -0.383. The highest BCUT2D eigenvalue weighted by Gasteiger charge is 2.13. The zero-order chi connectivity index (χ0) is 18.7. The SMILES string of the molecule is CCOc1ccc(C(=O)NC(=S)Nc2nc3c(Cl)cccc3s2)cc1Cl. The number of para-hydroxylation sites is 1. The average Bonchev–Trinajstić information content (AvgIpc) is 3.00. The molecule has 2 aromatic carbocycles. The van der Waals surface area contributed by atoms with Crippen molar-refractivity contribution in [3.05, 3.63) is 52.0 Å². The molecule has 9 heteroatoms. The molecule has 5 nitrogen and oxygen atoms in total. The van der Waals surface area contributed by atoms with Crippen LogP contribution in [-0.4, -0.2) is 22.6 Å². The van der Waals surface area contributed by atoms with E-state index in [1.807, 2.05) is 19.1 Å². The first-order chi connectivity index (χ1) is 12.5. The molecule has 0 saturated heterocycles. The van der Waals surface area contributed by atoms with Crippen LogP contribution < -0.4 is 15.4 Å². The number of fused-ring (bicyclic) bond motifs is 1. The third-order valence-corrected chi connectivity index (χ3v) is 5.05. The van der Waals surface area contributed by atoms with E-state index in [2.05, 4.69) is 15.6 Å². The van der Waals surface area contributed by atoms with Crippen LogP contribution in [0, 0.1) is 0 Å². The normalized spacial score (nSPS) is 10.6. The van der Waals surface area contributed by atoms with Gasteiger partial charge in [0.15, 0.2) is 10.2 Å². The molecule has 0 aliphatic rings. The Morgan fingerprint density at radius 1 is 1.27 bits per heavy atom. The number of aromatic nitrogens is 1. The van der Waals surface area contributed by atoms with Gasteiger partial charge in [-0.2, -0.15) is 0 Å². The summed E-state index contributed by atoms with van der Waals surface area (Å²) >= 11 is 18.8. The van der Waals surface area contributed by atoms with E-state index in [1.54, 1.807) is 18.2 Å². The molecule has 0 saturated carbocycles. The molecular weight excluding hydrogens is 413 g/mol. The number of halogens is 2. The molecule has 0 bridgehead atoms. The van der Waals surface area contributed by atoms with Gasteiger partial charge in [-0.05, 0) is 49.5 Å². The van der Waals surface area contributed by atoms with Gasteiger partial charge in [-0.25, -0.2) is 4.98 Å². The van der Waals surface area contributed by atoms with Crippen LogP contribution in [0.3, 0.4) is 0 Å². The van der Waals surface area contributed by atoms with Crippen LogP contribution in [0.15, 0.2) is 36.4 Å². The maximum atomic E-state index is 12.3. The van der Waals surface area contributed by atoms with Crippen LogP contribution in [0.5, 0.6) is 5.75 Å². The van der Waals surface area contributed by atoms with Crippen molar-refractivity contribution in [3.63, 3.8) is 0 Å². The lowest BCUT2D eigenvalue weighted by Gasteiger charge is -2.09. The van der Waals surface area contributed by atoms with E-state index in [1.165, 1.54) is 17.4 Å². The summed E-state index contributed by atoms with van der Waals surface area (Å²) in [5.74, 6) is 0.143. The number of hydrogen-bond donors (Lipinski definition) is 2. The second kappa shape index (κ2) is 8.18. The Morgan fingerprint density at radius 3 is 2.77 bits per heavy atom. The fourth-order valence-electron chi connectivity index (χ4n) is 2.19. The summed E-state index contributed by atoms with van der Waals surface area (Å²) in [6, 6.07) is 10.3. The van der Waals surface area contributed by atoms with Crippen molar-refractivity contribution >= 4 is 73.1 Å². The number of thiazole rings is 1. The van der Waals surface area contributed by atoms with Gasteiger partial charge in [0.1, 0.15) is 11.3 Å². The number of benzene rings is 2. The molecule has 0 aliphatic heterocycles. The monoisotopic (exact) mass is 425 g/mol. The largest absolute Gasteiger partial charge is 0.492 e. The lowest BCUT2D eigenvalue weighted by Crippen LogP contribution is -2.34. The molecule has 0 fully saturated rings. The van der Waals surface area contributed by atoms with E-state index in [0.717, 1.165) is 4.70 Å². The first kappa shape index (κ1) is 18.8. The van der Waals surface area contributed by atoms with Crippen molar-refractivity contribution in [1.29, 1.82) is 0 Å². The van der Waals surface area contributed by atoms with E-state index in [-0.39, 0.29) is 11.0 Å². The van der Waals surface area contributed by atoms with Crippen molar-refractivity contribution in [2.24, 2.45) is 0 Å². The standard InChI is InChI=1S/C17H13Cl2N3O2S2/c1-2-24-12-7-6-9(8-11(12)19)15(23)21-16(25)22-17-20-14-10(18)4-3-5-13(14)26-17/h3-8H,2H2,1H3,(H2,20,21,22,23,25). The first-order valence-corrected chi connectivity index (χ1v) is 9.55. The molecule has 3 rings (SSSR count). The molecule has 0 unspecified atom stereocenters.